The third-order valence-corrected chi connectivity index (χ3v) is 0.735. The number of rotatable bonds is 3. The summed E-state index contributed by atoms with van der Waals surface area (Å²) < 4.78 is 0. The Bertz CT molecular complexity index is 93.6. The molecule has 54 valence electrons. The maximum absolute atomic E-state index is 10.3. The predicted octanol–water partition coefficient (Wildman–Crippen LogP) is -1.85. The molecular weight excluding hydrogens is 137 g/mol. The van der Waals surface area contributed by atoms with E-state index in [9.17, 15) is 4.79 Å². The fourth-order valence-corrected chi connectivity index (χ4v) is 0.320. The summed E-state index contributed by atoms with van der Waals surface area (Å²) >= 11 is 0. The Morgan fingerprint density at radius 2 is 2.20 bits per heavy atom. The first-order valence-corrected chi connectivity index (χ1v) is 2.71. The van der Waals surface area contributed by atoms with Crippen LogP contribution in [0.4, 0.5) is 0 Å². The van der Waals surface area contributed by atoms with Crippen LogP contribution in [-0.4, -0.2) is 12.5 Å². The smallest absolute Gasteiger partial charge is 0.358 e. The molecule has 0 bridgehead atoms. The van der Waals surface area contributed by atoms with Crippen molar-refractivity contribution in [3.8, 4) is 0 Å². The molecule has 0 aromatic heterocycles. The molecule has 0 aromatic carbocycles. The molecule has 0 heterocycles. The Balaban J connectivity index is -0.000000245. The van der Waals surface area contributed by atoms with Gasteiger partial charge in [-0.1, -0.05) is 13.5 Å². The summed E-state index contributed by atoms with van der Waals surface area (Å²) in [6, 6.07) is 0. The number of hydrogen-bond donors (Lipinski definition) is 1. The van der Waals surface area contributed by atoms with Crippen molar-refractivity contribution in [2.45, 2.75) is 13.3 Å². The van der Waals surface area contributed by atoms with Crippen LogP contribution in [0, 0.1) is 7.43 Å². The molecule has 0 aliphatic carbocycles. The molecule has 0 radical (unpaired) electrons. The van der Waals surface area contributed by atoms with Crippen molar-refractivity contribution < 1.29 is 34.4 Å². The van der Waals surface area contributed by atoms with E-state index in [0.29, 0.717) is 0 Å². The maximum Gasteiger partial charge on any atom is 1.00 e. The molecule has 1 N–H and O–H groups in total. The molecule has 0 saturated heterocycles. The van der Waals surface area contributed by atoms with E-state index < -0.39 is 0 Å². The molecule has 0 saturated carbocycles. The zero-order valence-corrected chi connectivity index (χ0v) is 9.11. The van der Waals surface area contributed by atoms with Crippen molar-refractivity contribution in [2.75, 3.05) is 6.54 Å². The molecule has 0 aliphatic rings. The van der Waals surface area contributed by atoms with Gasteiger partial charge in [0.15, 0.2) is 0 Å². The van der Waals surface area contributed by atoms with Crippen molar-refractivity contribution >= 4 is 5.91 Å². The summed E-state index contributed by atoms with van der Waals surface area (Å²) in [5.41, 5.74) is 0. The molecule has 0 rings (SSSR count). The Kier molecular flexibility index (Phi) is 19.9. The van der Waals surface area contributed by atoms with Crippen molar-refractivity contribution in [1.29, 1.82) is 0 Å². The van der Waals surface area contributed by atoms with Crippen LogP contribution < -0.4 is 34.9 Å². The number of carbonyl (C=O) groups is 1. The molecule has 0 unspecified atom stereocenters. The molecule has 1 amide bonds. The topological polar surface area (TPSA) is 29.1 Å². The summed E-state index contributed by atoms with van der Waals surface area (Å²) in [4.78, 5) is 10.3. The van der Waals surface area contributed by atoms with Gasteiger partial charge in [0.25, 0.3) is 0 Å². The van der Waals surface area contributed by atoms with Gasteiger partial charge in [0.1, 0.15) is 0 Å². The van der Waals surface area contributed by atoms with Crippen molar-refractivity contribution in [2.24, 2.45) is 0 Å². The average molecular weight is 151 g/mol. The van der Waals surface area contributed by atoms with Crippen LogP contribution in [0.1, 0.15) is 13.3 Å². The van der Waals surface area contributed by atoms with Gasteiger partial charge in [-0.05, 0) is 12.5 Å². The molecule has 0 aromatic rings. The molecule has 0 atom stereocenters. The van der Waals surface area contributed by atoms with Crippen LogP contribution in [0.5, 0.6) is 0 Å². The first kappa shape index (κ1) is 16.7. The molecule has 2 nitrogen and oxygen atoms in total. The Morgan fingerprint density at radius 1 is 1.70 bits per heavy atom. The Labute approximate surface area is 85.4 Å². The van der Waals surface area contributed by atoms with Gasteiger partial charge < -0.3 is 12.7 Å². The SMILES string of the molecule is C=CC(=O)NCCC.[CH3-].[Na+]. The van der Waals surface area contributed by atoms with Crippen LogP contribution in [0.3, 0.4) is 0 Å². The number of hydrogen-bond acceptors (Lipinski definition) is 1. The third-order valence-electron chi connectivity index (χ3n) is 0.735. The second-order valence-electron chi connectivity index (χ2n) is 1.50. The minimum absolute atomic E-state index is 0. The van der Waals surface area contributed by atoms with Gasteiger partial charge in [-0.2, -0.15) is 0 Å². The van der Waals surface area contributed by atoms with Crippen molar-refractivity contribution in [3.05, 3.63) is 20.1 Å². The van der Waals surface area contributed by atoms with Crippen LogP contribution >= 0.6 is 0 Å². The Hall–Kier alpha value is 0.210. The van der Waals surface area contributed by atoms with Gasteiger partial charge in [0.2, 0.25) is 5.91 Å². The van der Waals surface area contributed by atoms with E-state index in [0.717, 1.165) is 13.0 Å². The molecule has 10 heavy (non-hydrogen) atoms. The van der Waals surface area contributed by atoms with Gasteiger partial charge in [-0.3, -0.25) is 4.79 Å². The average Bonchev–Trinajstić information content (AvgIpc) is 1.83. The van der Waals surface area contributed by atoms with Crippen molar-refractivity contribution in [1.82, 2.24) is 5.32 Å². The zero-order valence-electron chi connectivity index (χ0n) is 7.11. The molecule has 0 spiro atoms. The first-order chi connectivity index (χ1) is 3.81. The summed E-state index contributed by atoms with van der Waals surface area (Å²) in [6.45, 7) is 6.05. The summed E-state index contributed by atoms with van der Waals surface area (Å²) in [7, 11) is 0. The zero-order chi connectivity index (χ0) is 6.41. The van der Waals surface area contributed by atoms with E-state index in [1.165, 1.54) is 6.08 Å². The van der Waals surface area contributed by atoms with E-state index in [2.05, 4.69) is 11.9 Å². The molecule has 3 heteroatoms. The number of amides is 1. The summed E-state index contributed by atoms with van der Waals surface area (Å²) in [6.07, 6.45) is 2.25. The number of carbonyl (C=O) groups excluding carboxylic acids is 1. The van der Waals surface area contributed by atoms with Gasteiger partial charge in [-0.15, -0.1) is 0 Å². The first-order valence-electron chi connectivity index (χ1n) is 2.71. The molecule has 0 aliphatic heterocycles. The minimum Gasteiger partial charge on any atom is -0.358 e. The molecular formula is C7H14NNaO. The van der Waals surface area contributed by atoms with Crippen LogP contribution in [0.25, 0.3) is 0 Å². The van der Waals surface area contributed by atoms with Gasteiger partial charge >= 0.3 is 29.6 Å². The largest absolute Gasteiger partial charge is 1.00 e. The second kappa shape index (κ2) is 11.9. The fraction of sp³-hybridized carbons (Fsp3) is 0.429. The van der Waals surface area contributed by atoms with Gasteiger partial charge in [-0.25, -0.2) is 0 Å². The maximum atomic E-state index is 10.3. The van der Waals surface area contributed by atoms with Crippen LogP contribution in [-0.2, 0) is 4.79 Å². The van der Waals surface area contributed by atoms with E-state index in [-0.39, 0.29) is 42.9 Å². The monoisotopic (exact) mass is 151 g/mol. The standard InChI is InChI=1S/C6H11NO.CH3.Na/c1-3-5-7-6(8)4-2;;/h4H,2-3,5H2,1H3,(H,7,8);1H3;/q;-1;+1. The van der Waals surface area contributed by atoms with Crippen LogP contribution in [0.15, 0.2) is 12.7 Å². The third kappa shape index (κ3) is 11.1. The van der Waals surface area contributed by atoms with E-state index >= 15 is 0 Å². The molecule has 0 fully saturated rings. The summed E-state index contributed by atoms with van der Waals surface area (Å²) in [5.74, 6) is -0.0909. The van der Waals surface area contributed by atoms with Crippen molar-refractivity contribution in [3.63, 3.8) is 0 Å². The summed E-state index contributed by atoms with van der Waals surface area (Å²) in [5, 5.41) is 2.62. The quantitative estimate of drug-likeness (QED) is 0.286. The normalized spacial score (nSPS) is 6.50. The van der Waals surface area contributed by atoms with E-state index in [1.54, 1.807) is 0 Å². The van der Waals surface area contributed by atoms with E-state index in [4.69, 9.17) is 0 Å². The van der Waals surface area contributed by atoms with Gasteiger partial charge in [0, 0.05) is 6.54 Å². The number of nitrogens with one attached hydrogen (secondary N) is 1. The van der Waals surface area contributed by atoms with E-state index in [1.807, 2.05) is 6.92 Å². The second-order valence-corrected chi connectivity index (χ2v) is 1.50. The van der Waals surface area contributed by atoms with Gasteiger partial charge in [0.05, 0.1) is 0 Å². The van der Waals surface area contributed by atoms with Crippen LogP contribution in [0.2, 0.25) is 0 Å². The predicted molar refractivity (Wildman–Crippen MR) is 39.9 cm³/mol. The fourth-order valence-electron chi connectivity index (χ4n) is 0.320. The minimum atomic E-state index is -0.0909. The Morgan fingerprint density at radius 3 is 2.50 bits per heavy atom.